The SMILES string of the molecule is Cc1ccc(NC(=O)C2CCN(S(=O)(=O)Cc3ccccc3)CC2)c2cccnc12. The van der Waals surface area contributed by atoms with Crippen LogP contribution in [0.5, 0.6) is 0 Å². The number of hydrogen-bond donors (Lipinski definition) is 1. The number of aromatic nitrogens is 1. The Morgan fingerprint density at radius 1 is 1.07 bits per heavy atom. The Kier molecular flexibility index (Phi) is 5.83. The normalized spacial score (nSPS) is 15.9. The van der Waals surface area contributed by atoms with E-state index in [0.717, 1.165) is 27.7 Å². The van der Waals surface area contributed by atoms with Crippen molar-refractivity contribution in [1.82, 2.24) is 9.29 Å². The van der Waals surface area contributed by atoms with E-state index in [-0.39, 0.29) is 17.6 Å². The predicted molar refractivity (Wildman–Crippen MR) is 118 cm³/mol. The third kappa shape index (κ3) is 4.37. The van der Waals surface area contributed by atoms with Gasteiger partial charge < -0.3 is 5.32 Å². The number of fused-ring (bicyclic) bond motifs is 1. The molecule has 0 atom stereocenters. The van der Waals surface area contributed by atoms with E-state index in [9.17, 15) is 13.2 Å². The summed E-state index contributed by atoms with van der Waals surface area (Å²) in [6.07, 6.45) is 2.77. The van der Waals surface area contributed by atoms with E-state index in [4.69, 9.17) is 0 Å². The van der Waals surface area contributed by atoms with E-state index in [1.54, 1.807) is 6.20 Å². The molecule has 1 fully saturated rings. The number of nitrogens with zero attached hydrogens (tertiary/aromatic N) is 2. The summed E-state index contributed by atoms with van der Waals surface area (Å²) in [5.74, 6) is -0.280. The quantitative estimate of drug-likeness (QED) is 0.678. The third-order valence-corrected chi connectivity index (χ3v) is 7.49. The van der Waals surface area contributed by atoms with Gasteiger partial charge >= 0.3 is 0 Å². The van der Waals surface area contributed by atoms with Crippen LogP contribution in [-0.2, 0) is 20.6 Å². The summed E-state index contributed by atoms with van der Waals surface area (Å²) < 4.78 is 26.9. The summed E-state index contributed by atoms with van der Waals surface area (Å²) in [5, 5.41) is 3.94. The van der Waals surface area contributed by atoms with E-state index in [1.165, 1.54) is 4.31 Å². The van der Waals surface area contributed by atoms with Gasteiger partial charge in [0.1, 0.15) is 0 Å². The summed E-state index contributed by atoms with van der Waals surface area (Å²) in [6, 6.07) is 16.8. The zero-order valence-electron chi connectivity index (χ0n) is 16.9. The van der Waals surface area contributed by atoms with E-state index in [0.29, 0.717) is 25.9 Å². The number of benzene rings is 2. The molecule has 0 bridgehead atoms. The number of carbonyl (C=O) groups excluding carboxylic acids is 1. The van der Waals surface area contributed by atoms with Crippen LogP contribution in [0.3, 0.4) is 0 Å². The smallest absolute Gasteiger partial charge is 0.227 e. The molecule has 0 aliphatic carbocycles. The maximum atomic E-state index is 12.8. The number of carbonyl (C=O) groups is 1. The van der Waals surface area contributed by atoms with Crippen LogP contribution < -0.4 is 5.32 Å². The van der Waals surface area contributed by atoms with E-state index in [2.05, 4.69) is 10.3 Å². The van der Waals surface area contributed by atoms with E-state index >= 15 is 0 Å². The molecule has 0 unspecified atom stereocenters. The van der Waals surface area contributed by atoms with Crippen LogP contribution in [0.2, 0.25) is 0 Å². The molecule has 1 aliphatic heterocycles. The van der Waals surface area contributed by atoms with Crippen molar-refractivity contribution in [2.24, 2.45) is 5.92 Å². The van der Waals surface area contributed by atoms with Gasteiger partial charge in [0.15, 0.2) is 0 Å². The lowest BCUT2D eigenvalue weighted by atomic mass is 9.97. The molecule has 156 valence electrons. The van der Waals surface area contributed by atoms with Crippen molar-refractivity contribution in [3.8, 4) is 0 Å². The van der Waals surface area contributed by atoms with Gasteiger partial charge in [0.2, 0.25) is 15.9 Å². The van der Waals surface area contributed by atoms with Gasteiger partial charge in [-0.05, 0) is 49.1 Å². The molecule has 3 aromatic rings. The Balaban J connectivity index is 1.40. The Morgan fingerprint density at radius 3 is 2.53 bits per heavy atom. The number of sulfonamides is 1. The number of hydrogen-bond acceptors (Lipinski definition) is 4. The molecule has 1 aromatic heterocycles. The molecule has 30 heavy (non-hydrogen) atoms. The fourth-order valence-corrected chi connectivity index (χ4v) is 5.49. The minimum absolute atomic E-state index is 0.00689. The van der Waals surface area contributed by atoms with Crippen molar-refractivity contribution in [2.75, 3.05) is 18.4 Å². The van der Waals surface area contributed by atoms with Crippen LogP contribution in [0, 0.1) is 12.8 Å². The fourth-order valence-electron chi connectivity index (χ4n) is 3.93. The highest BCUT2D eigenvalue weighted by Crippen LogP contribution is 2.27. The lowest BCUT2D eigenvalue weighted by Crippen LogP contribution is -2.41. The largest absolute Gasteiger partial charge is 0.325 e. The summed E-state index contributed by atoms with van der Waals surface area (Å²) in [6.45, 7) is 2.72. The maximum absolute atomic E-state index is 12.8. The van der Waals surface area contributed by atoms with Crippen molar-refractivity contribution >= 4 is 32.5 Å². The van der Waals surface area contributed by atoms with Gasteiger partial charge in [-0.3, -0.25) is 9.78 Å². The second kappa shape index (κ2) is 8.53. The molecular formula is C23H25N3O3S. The summed E-state index contributed by atoms with van der Waals surface area (Å²) in [4.78, 5) is 17.3. The van der Waals surface area contributed by atoms with Crippen molar-refractivity contribution < 1.29 is 13.2 Å². The Morgan fingerprint density at radius 2 is 1.80 bits per heavy atom. The first kappa shape index (κ1) is 20.5. The minimum Gasteiger partial charge on any atom is -0.325 e. The van der Waals surface area contributed by atoms with Crippen molar-refractivity contribution in [1.29, 1.82) is 0 Å². The lowest BCUT2D eigenvalue weighted by molar-refractivity contribution is -0.120. The fraction of sp³-hybridized carbons (Fsp3) is 0.304. The molecule has 1 saturated heterocycles. The second-order valence-corrected chi connectivity index (χ2v) is 9.70. The Bertz CT molecular complexity index is 1150. The highest BCUT2D eigenvalue weighted by atomic mass is 32.2. The highest BCUT2D eigenvalue weighted by Gasteiger charge is 2.31. The average Bonchev–Trinajstić information content (AvgIpc) is 2.76. The molecule has 1 aliphatic rings. The maximum Gasteiger partial charge on any atom is 0.227 e. The zero-order chi connectivity index (χ0) is 21.1. The first-order valence-corrected chi connectivity index (χ1v) is 11.7. The average molecular weight is 424 g/mol. The van der Waals surface area contributed by atoms with Gasteiger partial charge in [0.25, 0.3) is 0 Å². The van der Waals surface area contributed by atoms with Crippen LogP contribution in [-0.4, -0.2) is 36.7 Å². The standard InChI is InChI=1S/C23H25N3O3S/c1-17-9-10-21(20-8-5-13-24-22(17)20)25-23(27)19-11-14-26(15-12-19)30(28,29)16-18-6-3-2-4-7-18/h2-10,13,19H,11-12,14-16H2,1H3,(H,25,27). The molecule has 1 N–H and O–H groups in total. The molecule has 0 saturated carbocycles. The second-order valence-electron chi connectivity index (χ2n) is 7.73. The molecule has 0 spiro atoms. The molecule has 1 amide bonds. The monoisotopic (exact) mass is 423 g/mol. The van der Waals surface area contributed by atoms with Crippen LogP contribution in [0.1, 0.15) is 24.0 Å². The number of piperidine rings is 1. The van der Waals surface area contributed by atoms with Gasteiger partial charge in [0.05, 0.1) is 17.0 Å². The highest BCUT2D eigenvalue weighted by molar-refractivity contribution is 7.88. The van der Waals surface area contributed by atoms with Gasteiger partial charge in [-0.2, -0.15) is 0 Å². The van der Waals surface area contributed by atoms with Crippen LogP contribution in [0.15, 0.2) is 60.8 Å². The minimum atomic E-state index is -3.38. The number of nitrogens with one attached hydrogen (secondary N) is 1. The van der Waals surface area contributed by atoms with Crippen LogP contribution in [0.4, 0.5) is 5.69 Å². The molecule has 4 rings (SSSR count). The van der Waals surface area contributed by atoms with Crippen molar-refractivity contribution in [2.45, 2.75) is 25.5 Å². The number of rotatable bonds is 5. The Hall–Kier alpha value is -2.77. The topological polar surface area (TPSA) is 79.4 Å². The number of amides is 1. The zero-order valence-corrected chi connectivity index (χ0v) is 17.7. The number of pyridine rings is 1. The molecule has 2 heterocycles. The van der Waals surface area contributed by atoms with Gasteiger partial charge in [0, 0.05) is 30.6 Å². The lowest BCUT2D eigenvalue weighted by Gasteiger charge is -2.30. The first-order chi connectivity index (χ1) is 14.4. The first-order valence-electron chi connectivity index (χ1n) is 10.1. The number of aryl methyl sites for hydroxylation is 1. The molecule has 2 aromatic carbocycles. The molecule has 7 heteroatoms. The molecule has 0 radical (unpaired) electrons. The third-order valence-electron chi connectivity index (χ3n) is 5.64. The summed E-state index contributed by atoms with van der Waals surface area (Å²) >= 11 is 0. The Labute approximate surface area is 177 Å². The van der Waals surface area contributed by atoms with Crippen molar-refractivity contribution in [3.05, 3.63) is 71.9 Å². The van der Waals surface area contributed by atoms with Crippen molar-refractivity contribution in [3.63, 3.8) is 0 Å². The van der Waals surface area contributed by atoms with Gasteiger partial charge in [-0.1, -0.05) is 36.4 Å². The van der Waals surface area contributed by atoms with E-state index < -0.39 is 10.0 Å². The molecular weight excluding hydrogens is 398 g/mol. The number of anilines is 1. The van der Waals surface area contributed by atoms with Crippen LogP contribution in [0.25, 0.3) is 10.9 Å². The van der Waals surface area contributed by atoms with Gasteiger partial charge in [-0.15, -0.1) is 0 Å². The summed E-state index contributed by atoms with van der Waals surface area (Å²) in [5.41, 5.74) is 3.45. The van der Waals surface area contributed by atoms with E-state index in [1.807, 2.05) is 61.5 Å². The predicted octanol–water partition coefficient (Wildman–Crippen LogP) is 3.72. The van der Waals surface area contributed by atoms with Gasteiger partial charge in [-0.25, -0.2) is 12.7 Å². The summed E-state index contributed by atoms with van der Waals surface area (Å²) in [7, 11) is -3.38. The van der Waals surface area contributed by atoms with Crippen LogP contribution >= 0.6 is 0 Å². The molecule has 6 nitrogen and oxygen atoms in total.